The lowest BCUT2D eigenvalue weighted by molar-refractivity contribution is -0.147. The van der Waals surface area contributed by atoms with Crippen LogP contribution in [0.3, 0.4) is 0 Å². The molecule has 1 saturated carbocycles. The smallest absolute Gasteiger partial charge is 0.320 e. The van der Waals surface area contributed by atoms with Crippen LogP contribution in [0.25, 0.3) is 0 Å². The zero-order valence-corrected chi connectivity index (χ0v) is 12.7. The Hall–Kier alpha value is -0.570. The van der Waals surface area contributed by atoms with E-state index in [1.807, 2.05) is 0 Å². The lowest BCUT2D eigenvalue weighted by Gasteiger charge is -2.49. The minimum atomic E-state index is -0.613. The fourth-order valence-corrected chi connectivity index (χ4v) is 4.13. The Bertz CT molecular complexity index is 321. The van der Waals surface area contributed by atoms with Crippen molar-refractivity contribution in [3.05, 3.63) is 0 Å². The van der Waals surface area contributed by atoms with E-state index in [4.69, 9.17) is 0 Å². The molecule has 3 atom stereocenters. The molecule has 1 saturated heterocycles. The molecule has 0 aromatic rings. The van der Waals surface area contributed by atoms with Crippen LogP contribution in [0.2, 0.25) is 0 Å². The Morgan fingerprint density at radius 1 is 1.05 bits per heavy atom. The lowest BCUT2D eigenvalue weighted by Crippen LogP contribution is -2.55. The number of rotatable bonds is 2. The third-order valence-corrected chi connectivity index (χ3v) is 5.10. The van der Waals surface area contributed by atoms with E-state index in [1.54, 1.807) is 0 Å². The van der Waals surface area contributed by atoms with Crippen molar-refractivity contribution in [3.8, 4) is 0 Å². The standard InChI is InChI=1S/C16H29NO2/c1-16(2,3)12-8-4-5-9-13(12)17-11-7-6-10-14(17)15(18)19/h12-14H,4-11H2,1-3H3,(H,18,19). The summed E-state index contributed by atoms with van der Waals surface area (Å²) in [5.74, 6) is 0.0270. The van der Waals surface area contributed by atoms with Crippen LogP contribution in [-0.2, 0) is 4.79 Å². The molecule has 2 aliphatic rings. The van der Waals surface area contributed by atoms with Crippen LogP contribution in [0.4, 0.5) is 0 Å². The van der Waals surface area contributed by atoms with Gasteiger partial charge in [-0.05, 0) is 43.6 Å². The summed E-state index contributed by atoms with van der Waals surface area (Å²) in [5, 5.41) is 9.49. The molecule has 2 fully saturated rings. The third-order valence-electron chi connectivity index (χ3n) is 5.10. The Morgan fingerprint density at radius 2 is 1.68 bits per heavy atom. The van der Waals surface area contributed by atoms with E-state index in [1.165, 1.54) is 25.7 Å². The van der Waals surface area contributed by atoms with E-state index in [2.05, 4.69) is 25.7 Å². The second kappa shape index (κ2) is 5.82. The van der Waals surface area contributed by atoms with Crippen LogP contribution in [0.1, 0.15) is 65.7 Å². The number of aliphatic carboxylic acids is 1. The zero-order chi connectivity index (χ0) is 14.0. The Morgan fingerprint density at radius 3 is 2.32 bits per heavy atom. The summed E-state index contributed by atoms with van der Waals surface area (Å²) in [6.45, 7) is 7.93. The van der Waals surface area contributed by atoms with Gasteiger partial charge in [-0.3, -0.25) is 9.69 Å². The van der Waals surface area contributed by atoms with Crippen molar-refractivity contribution in [2.45, 2.75) is 77.8 Å². The molecule has 3 unspecified atom stereocenters. The number of hydrogen-bond acceptors (Lipinski definition) is 2. The summed E-state index contributed by atoms with van der Waals surface area (Å²) in [6, 6.07) is 0.247. The number of hydrogen-bond donors (Lipinski definition) is 1. The number of carboxylic acid groups (broad SMARTS) is 1. The Kier molecular flexibility index (Phi) is 4.54. The van der Waals surface area contributed by atoms with Gasteiger partial charge >= 0.3 is 5.97 Å². The Labute approximate surface area is 117 Å². The predicted molar refractivity (Wildman–Crippen MR) is 77.2 cm³/mol. The summed E-state index contributed by atoms with van der Waals surface area (Å²) in [7, 11) is 0. The van der Waals surface area contributed by atoms with Gasteiger partial charge in [-0.2, -0.15) is 0 Å². The zero-order valence-electron chi connectivity index (χ0n) is 12.7. The van der Waals surface area contributed by atoms with E-state index < -0.39 is 5.97 Å². The Balaban J connectivity index is 2.18. The minimum Gasteiger partial charge on any atom is -0.480 e. The summed E-state index contributed by atoms with van der Waals surface area (Å²) in [5.41, 5.74) is 0.283. The van der Waals surface area contributed by atoms with Crippen LogP contribution in [0.15, 0.2) is 0 Å². The first-order chi connectivity index (χ1) is 8.91. The average molecular weight is 267 g/mol. The molecule has 0 aromatic carbocycles. The molecular weight excluding hydrogens is 238 g/mol. The van der Waals surface area contributed by atoms with Gasteiger partial charge in [0.15, 0.2) is 0 Å². The van der Waals surface area contributed by atoms with Crippen molar-refractivity contribution in [3.63, 3.8) is 0 Å². The second-order valence-electron chi connectivity index (χ2n) is 7.41. The van der Waals surface area contributed by atoms with Gasteiger partial charge in [0.05, 0.1) is 0 Å². The quantitative estimate of drug-likeness (QED) is 0.832. The van der Waals surface area contributed by atoms with Crippen LogP contribution in [0.5, 0.6) is 0 Å². The maximum Gasteiger partial charge on any atom is 0.320 e. The van der Waals surface area contributed by atoms with Crippen LogP contribution in [0, 0.1) is 11.3 Å². The molecule has 0 aromatic heterocycles. The van der Waals surface area contributed by atoms with E-state index in [0.29, 0.717) is 12.0 Å². The highest BCUT2D eigenvalue weighted by Gasteiger charge is 2.41. The molecule has 110 valence electrons. The van der Waals surface area contributed by atoms with Crippen molar-refractivity contribution in [1.82, 2.24) is 4.90 Å². The van der Waals surface area contributed by atoms with Gasteiger partial charge in [0.2, 0.25) is 0 Å². The first kappa shape index (κ1) is 14.8. The lowest BCUT2D eigenvalue weighted by atomic mass is 9.68. The fourth-order valence-electron chi connectivity index (χ4n) is 4.13. The normalized spacial score (nSPS) is 34.2. The first-order valence-corrected chi connectivity index (χ1v) is 7.90. The van der Waals surface area contributed by atoms with E-state index in [9.17, 15) is 9.90 Å². The first-order valence-electron chi connectivity index (χ1n) is 7.90. The number of nitrogens with zero attached hydrogens (tertiary/aromatic N) is 1. The van der Waals surface area contributed by atoms with Gasteiger partial charge in [-0.25, -0.2) is 0 Å². The summed E-state index contributed by atoms with van der Waals surface area (Å²) < 4.78 is 0. The minimum absolute atomic E-state index is 0.235. The van der Waals surface area contributed by atoms with Crippen molar-refractivity contribution < 1.29 is 9.90 Å². The maximum absolute atomic E-state index is 11.5. The molecule has 1 aliphatic carbocycles. The topological polar surface area (TPSA) is 40.5 Å². The van der Waals surface area contributed by atoms with E-state index in [0.717, 1.165) is 25.8 Å². The molecule has 19 heavy (non-hydrogen) atoms. The number of carboxylic acids is 1. The summed E-state index contributed by atoms with van der Waals surface area (Å²) >= 11 is 0. The summed E-state index contributed by atoms with van der Waals surface area (Å²) in [6.07, 6.45) is 8.09. The predicted octanol–water partition coefficient (Wildman–Crippen LogP) is 3.53. The molecule has 3 heteroatoms. The fraction of sp³-hybridized carbons (Fsp3) is 0.938. The van der Waals surface area contributed by atoms with Gasteiger partial charge in [-0.1, -0.05) is 40.0 Å². The third kappa shape index (κ3) is 3.31. The highest BCUT2D eigenvalue weighted by molar-refractivity contribution is 5.73. The monoisotopic (exact) mass is 267 g/mol. The molecular formula is C16H29NO2. The van der Waals surface area contributed by atoms with Crippen molar-refractivity contribution in [1.29, 1.82) is 0 Å². The van der Waals surface area contributed by atoms with Crippen molar-refractivity contribution in [2.75, 3.05) is 6.54 Å². The van der Waals surface area contributed by atoms with Gasteiger partial charge in [0.1, 0.15) is 6.04 Å². The molecule has 0 amide bonds. The van der Waals surface area contributed by atoms with Crippen LogP contribution < -0.4 is 0 Å². The van der Waals surface area contributed by atoms with Gasteiger partial charge in [-0.15, -0.1) is 0 Å². The van der Waals surface area contributed by atoms with Gasteiger partial charge < -0.3 is 5.11 Å². The largest absolute Gasteiger partial charge is 0.480 e. The molecule has 2 rings (SSSR count). The van der Waals surface area contributed by atoms with Crippen LogP contribution >= 0.6 is 0 Å². The molecule has 0 radical (unpaired) electrons. The second-order valence-corrected chi connectivity index (χ2v) is 7.41. The van der Waals surface area contributed by atoms with Crippen molar-refractivity contribution >= 4 is 5.97 Å². The highest BCUT2D eigenvalue weighted by atomic mass is 16.4. The highest BCUT2D eigenvalue weighted by Crippen LogP contribution is 2.42. The van der Waals surface area contributed by atoms with Gasteiger partial charge in [0.25, 0.3) is 0 Å². The number of likely N-dealkylation sites (tertiary alicyclic amines) is 1. The van der Waals surface area contributed by atoms with Crippen LogP contribution in [-0.4, -0.2) is 34.6 Å². The van der Waals surface area contributed by atoms with Gasteiger partial charge in [0, 0.05) is 6.04 Å². The van der Waals surface area contributed by atoms with E-state index in [-0.39, 0.29) is 11.5 Å². The molecule has 1 N–H and O–H groups in total. The van der Waals surface area contributed by atoms with Crippen molar-refractivity contribution in [2.24, 2.45) is 11.3 Å². The number of carbonyl (C=O) groups is 1. The molecule has 3 nitrogen and oxygen atoms in total. The molecule has 0 bridgehead atoms. The molecule has 1 aliphatic heterocycles. The molecule has 0 spiro atoms. The average Bonchev–Trinajstić information content (AvgIpc) is 2.37. The SMILES string of the molecule is CC(C)(C)C1CCCCC1N1CCCCC1C(=O)O. The molecule has 1 heterocycles. The number of piperidine rings is 1. The van der Waals surface area contributed by atoms with E-state index >= 15 is 0 Å². The maximum atomic E-state index is 11.5. The summed E-state index contributed by atoms with van der Waals surface area (Å²) in [4.78, 5) is 13.9.